The first-order valence-corrected chi connectivity index (χ1v) is 9.76. The number of ether oxygens (including phenoxy) is 2. The summed E-state index contributed by atoms with van der Waals surface area (Å²) in [6.45, 7) is 6.58. The van der Waals surface area contributed by atoms with Crippen molar-refractivity contribution in [1.82, 2.24) is 0 Å². The molecule has 3 nitrogen and oxygen atoms in total. The Morgan fingerprint density at radius 2 is 1.46 bits per heavy atom. The SMILES string of the molecule is CCC(CC)(c1ccc(OC)c(C)c1)c1ccc2cc(C(=O)OC)ccc2c1. The zero-order valence-corrected chi connectivity index (χ0v) is 17.3. The van der Waals surface area contributed by atoms with Crippen molar-refractivity contribution in [3.8, 4) is 5.75 Å². The number of hydrogen-bond acceptors (Lipinski definition) is 3. The molecule has 0 heterocycles. The number of carbonyl (C=O) groups is 1. The average Bonchev–Trinajstić information content (AvgIpc) is 2.74. The zero-order chi connectivity index (χ0) is 20.3. The van der Waals surface area contributed by atoms with Crippen molar-refractivity contribution in [3.05, 3.63) is 76.9 Å². The van der Waals surface area contributed by atoms with Gasteiger partial charge in [0.05, 0.1) is 19.8 Å². The first kappa shape index (κ1) is 19.9. The smallest absolute Gasteiger partial charge is 0.337 e. The molecule has 28 heavy (non-hydrogen) atoms. The first-order chi connectivity index (χ1) is 13.5. The third-order valence-electron chi connectivity index (χ3n) is 5.97. The lowest BCUT2D eigenvalue weighted by Crippen LogP contribution is -2.26. The van der Waals surface area contributed by atoms with Gasteiger partial charge >= 0.3 is 5.97 Å². The number of methoxy groups -OCH3 is 2. The Labute approximate surface area is 167 Å². The van der Waals surface area contributed by atoms with E-state index in [0.29, 0.717) is 5.56 Å². The molecule has 0 amide bonds. The maximum absolute atomic E-state index is 11.8. The maximum atomic E-state index is 11.8. The summed E-state index contributed by atoms with van der Waals surface area (Å²) in [4.78, 5) is 11.8. The normalized spacial score (nSPS) is 11.5. The first-order valence-electron chi connectivity index (χ1n) is 9.76. The number of carbonyl (C=O) groups excluding carboxylic acids is 1. The van der Waals surface area contributed by atoms with Crippen LogP contribution in [0.3, 0.4) is 0 Å². The van der Waals surface area contributed by atoms with Crippen molar-refractivity contribution in [2.75, 3.05) is 14.2 Å². The van der Waals surface area contributed by atoms with E-state index < -0.39 is 0 Å². The lowest BCUT2D eigenvalue weighted by molar-refractivity contribution is 0.0601. The highest BCUT2D eigenvalue weighted by Gasteiger charge is 2.31. The summed E-state index contributed by atoms with van der Waals surface area (Å²) in [5, 5.41) is 2.17. The van der Waals surface area contributed by atoms with E-state index in [1.807, 2.05) is 18.2 Å². The third-order valence-corrected chi connectivity index (χ3v) is 5.97. The molecule has 3 aromatic carbocycles. The van der Waals surface area contributed by atoms with Gasteiger partial charge in [0.2, 0.25) is 0 Å². The van der Waals surface area contributed by atoms with Crippen LogP contribution >= 0.6 is 0 Å². The van der Waals surface area contributed by atoms with Crippen LogP contribution in [0.4, 0.5) is 0 Å². The van der Waals surface area contributed by atoms with Crippen LogP contribution in [0.2, 0.25) is 0 Å². The molecular formula is C25H28O3. The molecule has 0 aliphatic rings. The summed E-state index contributed by atoms with van der Waals surface area (Å²) < 4.78 is 10.3. The highest BCUT2D eigenvalue weighted by Crippen LogP contribution is 2.41. The molecule has 0 bridgehead atoms. The van der Waals surface area contributed by atoms with Crippen LogP contribution in [-0.4, -0.2) is 20.2 Å². The standard InChI is InChI=1S/C25H28O3/c1-6-25(7-2,21-12-13-23(27-4)17(3)14-21)22-11-10-18-15-20(24(26)28-5)9-8-19(18)16-22/h8-16H,6-7H2,1-5H3. The summed E-state index contributed by atoms with van der Waals surface area (Å²) in [6, 6.07) is 18.8. The Balaban J connectivity index is 2.12. The zero-order valence-electron chi connectivity index (χ0n) is 17.3. The number of fused-ring (bicyclic) bond motifs is 1. The van der Waals surface area contributed by atoms with E-state index in [0.717, 1.165) is 34.9 Å². The number of rotatable bonds is 6. The summed E-state index contributed by atoms with van der Waals surface area (Å²) in [5.41, 5.74) is 4.26. The van der Waals surface area contributed by atoms with E-state index in [2.05, 4.69) is 57.2 Å². The van der Waals surface area contributed by atoms with E-state index in [-0.39, 0.29) is 11.4 Å². The van der Waals surface area contributed by atoms with Crippen molar-refractivity contribution in [3.63, 3.8) is 0 Å². The summed E-state index contributed by atoms with van der Waals surface area (Å²) in [5.74, 6) is 0.606. The van der Waals surface area contributed by atoms with Crippen molar-refractivity contribution < 1.29 is 14.3 Å². The topological polar surface area (TPSA) is 35.5 Å². The van der Waals surface area contributed by atoms with Crippen LogP contribution in [0.1, 0.15) is 53.7 Å². The van der Waals surface area contributed by atoms with E-state index >= 15 is 0 Å². The fourth-order valence-electron chi connectivity index (χ4n) is 4.20. The Bertz CT molecular complexity index is 1000. The monoisotopic (exact) mass is 376 g/mol. The fourth-order valence-corrected chi connectivity index (χ4v) is 4.20. The average molecular weight is 376 g/mol. The number of benzene rings is 3. The summed E-state index contributed by atoms with van der Waals surface area (Å²) in [7, 11) is 3.12. The minimum Gasteiger partial charge on any atom is -0.496 e. The van der Waals surface area contributed by atoms with Gasteiger partial charge in [-0.15, -0.1) is 0 Å². The summed E-state index contributed by atoms with van der Waals surface area (Å²) in [6.07, 6.45) is 2.00. The van der Waals surface area contributed by atoms with Gasteiger partial charge in [0.15, 0.2) is 0 Å². The van der Waals surface area contributed by atoms with Gasteiger partial charge in [-0.2, -0.15) is 0 Å². The van der Waals surface area contributed by atoms with Crippen LogP contribution in [0, 0.1) is 6.92 Å². The molecular weight excluding hydrogens is 348 g/mol. The van der Waals surface area contributed by atoms with E-state index in [4.69, 9.17) is 9.47 Å². The second-order valence-corrected chi connectivity index (χ2v) is 7.24. The second-order valence-electron chi connectivity index (χ2n) is 7.24. The molecule has 0 aliphatic carbocycles. The Kier molecular flexibility index (Phi) is 5.73. The third kappa shape index (κ3) is 3.37. The lowest BCUT2D eigenvalue weighted by atomic mass is 9.70. The number of aryl methyl sites for hydroxylation is 1. The lowest BCUT2D eigenvalue weighted by Gasteiger charge is -2.34. The number of hydrogen-bond donors (Lipinski definition) is 0. The largest absolute Gasteiger partial charge is 0.496 e. The van der Waals surface area contributed by atoms with Gasteiger partial charge in [-0.3, -0.25) is 0 Å². The van der Waals surface area contributed by atoms with Crippen LogP contribution < -0.4 is 4.74 Å². The van der Waals surface area contributed by atoms with Crippen LogP contribution in [0.25, 0.3) is 10.8 Å². The van der Waals surface area contributed by atoms with Crippen LogP contribution in [0.5, 0.6) is 5.75 Å². The molecule has 0 fully saturated rings. The molecule has 0 atom stereocenters. The van der Waals surface area contributed by atoms with Gasteiger partial charge in [-0.05, 0) is 65.4 Å². The van der Waals surface area contributed by atoms with E-state index in [1.165, 1.54) is 18.2 Å². The second kappa shape index (κ2) is 8.05. The van der Waals surface area contributed by atoms with Crippen LogP contribution in [0.15, 0.2) is 54.6 Å². The highest BCUT2D eigenvalue weighted by atomic mass is 16.5. The molecule has 0 saturated carbocycles. The number of esters is 1. The maximum Gasteiger partial charge on any atom is 0.337 e. The molecule has 0 aromatic heterocycles. The summed E-state index contributed by atoms with van der Waals surface area (Å²) >= 11 is 0. The Morgan fingerprint density at radius 1 is 0.857 bits per heavy atom. The Hall–Kier alpha value is -2.81. The van der Waals surface area contributed by atoms with Crippen molar-refractivity contribution in [2.24, 2.45) is 0 Å². The van der Waals surface area contributed by atoms with E-state index in [9.17, 15) is 4.79 Å². The molecule has 0 spiro atoms. The highest BCUT2D eigenvalue weighted by molar-refractivity contribution is 5.95. The van der Waals surface area contributed by atoms with Gasteiger partial charge in [-0.1, -0.05) is 50.2 Å². The molecule has 0 unspecified atom stereocenters. The Morgan fingerprint density at radius 3 is 2.07 bits per heavy atom. The van der Waals surface area contributed by atoms with Crippen molar-refractivity contribution >= 4 is 16.7 Å². The van der Waals surface area contributed by atoms with E-state index in [1.54, 1.807) is 7.11 Å². The quantitative estimate of drug-likeness (QED) is 0.491. The van der Waals surface area contributed by atoms with Crippen LogP contribution in [-0.2, 0) is 10.2 Å². The molecule has 0 aliphatic heterocycles. The van der Waals surface area contributed by atoms with Crippen molar-refractivity contribution in [1.29, 1.82) is 0 Å². The predicted molar refractivity (Wildman–Crippen MR) is 114 cm³/mol. The van der Waals surface area contributed by atoms with Gasteiger partial charge in [0, 0.05) is 5.41 Å². The molecule has 146 valence electrons. The van der Waals surface area contributed by atoms with Gasteiger partial charge in [-0.25, -0.2) is 4.79 Å². The minimum absolute atomic E-state index is 0.0633. The molecule has 3 heteroatoms. The molecule has 3 rings (SSSR count). The van der Waals surface area contributed by atoms with Gasteiger partial charge in [0.25, 0.3) is 0 Å². The molecule has 0 saturated heterocycles. The fraction of sp³-hybridized carbons (Fsp3) is 0.320. The minimum atomic E-state index is -0.309. The molecule has 0 radical (unpaired) electrons. The molecule has 3 aromatic rings. The predicted octanol–water partition coefficient (Wildman–Crippen LogP) is 6.05. The van der Waals surface area contributed by atoms with Gasteiger partial charge < -0.3 is 9.47 Å². The van der Waals surface area contributed by atoms with Crippen molar-refractivity contribution in [2.45, 2.75) is 39.0 Å². The van der Waals surface area contributed by atoms with Gasteiger partial charge in [0.1, 0.15) is 5.75 Å². The molecule has 0 N–H and O–H groups in total.